The molecule has 0 saturated carbocycles. The molecule has 162 valence electrons. The molecule has 1 saturated heterocycles. The number of halogens is 1. The number of hydrogen-bond acceptors (Lipinski definition) is 5. The molecule has 0 bridgehead atoms. The number of hydrogen-bond donors (Lipinski definition) is 2. The molecule has 2 unspecified atom stereocenters. The van der Waals surface area contributed by atoms with Gasteiger partial charge in [0.1, 0.15) is 0 Å². The SMILES string of the molecule is CC1=Nc2c(c(=O)[nH]n2C2CCOC(C)(C)C2)C(c2cn[nH]c2-c2ccc(Cl)cc2)S1. The van der Waals surface area contributed by atoms with E-state index in [1.165, 1.54) is 0 Å². The number of H-pyrrole nitrogens is 2. The van der Waals surface area contributed by atoms with Gasteiger partial charge in [-0.3, -0.25) is 19.7 Å². The van der Waals surface area contributed by atoms with Crippen LogP contribution in [0.3, 0.4) is 0 Å². The highest BCUT2D eigenvalue weighted by molar-refractivity contribution is 8.14. The Hall–Kier alpha value is -2.29. The molecule has 5 rings (SSSR count). The highest BCUT2D eigenvalue weighted by Gasteiger charge is 2.36. The maximum atomic E-state index is 13.2. The zero-order valence-electron chi connectivity index (χ0n) is 17.6. The molecule has 0 radical (unpaired) electrons. The standard InChI is InChI=1S/C22H24ClN5O2S/c1-12-25-20-17(21(29)27-28(20)15-8-9-30-22(2,3)10-15)19(31-12)16-11-24-26-18(16)13-4-6-14(23)7-5-13/h4-7,11,15,19H,8-10H2,1-3H3,(H,24,26)(H,27,29). The van der Waals surface area contributed by atoms with E-state index in [2.05, 4.69) is 29.1 Å². The first-order valence-corrected chi connectivity index (χ1v) is 11.6. The summed E-state index contributed by atoms with van der Waals surface area (Å²) in [6, 6.07) is 7.75. The molecule has 3 aromatic rings. The Labute approximate surface area is 189 Å². The molecule has 2 aliphatic rings. The van der Waals surface area contributed by atoms with Crippen LogP contribution in [-0.2, 0) is 4.74 Å². The van der Waals surface area contributed by atoms with Crippen LogP contribution in [0.1, 0.15) is 56.0 Å². The molecule has 4 heterocycles. The number of ether oxygens (including phenoxy) is 1. The fourth-order valence-corrected chi connectivity index (χ4v) is 5.70. The zero-order valence-corrected chi connectivity index (χ0v) is 19.2. The lowest BCUT2D eigenvalue weighted by Gasteiger charge is -2.36. The average Bonchev–Trinajstić information content (AvgIpc) is 3.32. The third-order valence-electron chi connectivity index (χ3n) is 5.87. The first kappa shape index (κ1) is 20.6. The quantitative estimate of drug-likeness (QED) is 0.563. The van der Waals surface area contributed by atoms with E-state index in [0.29, 0.717) is 17.2 Å². The van der Waals surface area contributed by atoms with Crippen LogP contribution in [0.2, 0.25) is 5.02 Å². The Bertz CT molecular complexity index is 1210. The predicted molar refractivity (Wildman–Crippen MR) is 125 cm³/mol. The fraction of sp³-hybridized carbons (Fsp3) is 0.409. The molecular weight excluding hydrogens is 434 g/mol. The van der Waals surface area contributed by atoms with Crippen LogP contribution in [0.5, 0.6) is 0 Å². The minimum absolute atomic E-state index is 0.101. The molecule has 1 aromatic carbocycles. The summed E-state index contributed by atoms with van der Waals surface area (Å²) >= 11 is 7.64. The minimum atomic E-state index is -0.231. The van der Waals surface area contributed by atoms with Crippen LogP contribution >= 0.6 is 23.4 Å². The Kier molecular flexibility index (Phi) is 5.11. The number of nitrogens with one attached hydrogen (secondary N) is 2. The van der Waals surface area contributed by atoms with E-state index >= 15 is 0 Å². The molecule has 1 fully saturated rings. The summed E-state index contributed by atoms with van der Waals surface area (Å²) in [7, 11) is 0. The lowest BCUT2D eigenvalue weighted by Crippen LogP contribution is -2.35. The number of fused-ring (bicyclic) bond motifs is 1. The summed E-state index contributed by atoms with van der Waals surface area (Å²) in [4.78, 5) is 17.9. The highest BCUT2D eigenvalue weighted by Crippen LogP contribution is 2.47. The summed E-state index contributed by atoms with van der Waals surface area (Å²) in [5.74, 6) is 0.720. The van der Waals surface area contributed by atoms with Gasteiger partial charge in [0.05, 0.1) is 39.4 Å². The molecule has 9 heteroatoms. The van der Waals surface area contributed by atoms with Gasteiger partial charge < -0.3 is 4.74 Å². The van der Waals surface area contributed by atoms with Crippen molar-refractivity contribution in [2.75, 3.05) is 6.61 Å². The number of benzene rings is 1. The van der Waals surface area contributed by atoms with E-state index in [1.54, 1.807) is 18.0 Å². The molecule has 0 amide bonds. The monoisotopic (exact) mass is 457 g/mol. The molecule has 2 aliphatic heterocycles. The summed E-state index contributed by atoms with van der Waals surface area (Å²) in [6.45, 7) is 6.82. The second-order valence-corrected chi connectivity index (χ2v) is 10.4. The third-order valence-corrected chi connectivity index (χ3v) is 7.28. The van der Waals surface area contributed by atoms with Crippen molar-refractivity contribution >= 4 is 34.2 Å². The van der Waals surface area contributed by atoms with E-state index in [1.807, 2.05) is 35.9 Å². The number of aliphatic imine (C=N–C) groups is 1. The number of aromatic amines is 2. The first-order chi connectivity index (χ1) is 14.8. The maximum Gasteiger partial charge on any atom is 0.271 e. The maximum absolute atomic E-state index is 13.2. The van der Waals surface area contributed by atoms with Crippen LogP contribution in [0.25, 0.3) is 11.3 Å². The van der Waals surface area contributed by atoms with Crippen LogP contribution in [0.15, 0.2) is 40.2 Å². The van der Waals surface area contributed by atoms with Crippen molar-refractivity contribution in [3.8, 4) is 11.3 Å². The number of nitrogens with zero attached hydrogens (tertiary/aromatic N) is 3. The average molecular weight is 458 g/mol. The van der Waals surface area contributed by atoms with E-state index in [-0.39, 0.29) is 22.5 Å². The topological polar surface area (TPSA) is 88.1 Å². The lowest BCUT2D eigenvalue weighted by atomic mass is 9.94. The number of thioether (sulfide) groups is 1. The van der Waals surface area contributed by atoms with Crippen molar-refractivity contribution in [1.29, 1.82) is 0 Å². The van der Waals surface area contributed by atoms with Crippen molar-refractivity contribution in [1.82, 2.24) is 20.0 Å². The van der Waals surface area contributed by atoms with Crippen molar-refractivity contribution in [2.45, 2.75) is 50.5 Å². The van der Waals surface area contributed by atoms with Gasteiger partial charge in [-0.05, 0) is 51.3 Å². The van der Waals surface area contributed by atoms with Crippen molar-refractivity contribution in [2.24, 2.45) is 4.99 Å². The summed E-state index contributed by atoms with van der Waals surface area (Å²) in [5, 5.41) is 11.9. The summed E-state index contributed by atoms with van der Waals surface area (Å²) < 4.78 is 7.83. The number of aromatic nitrogens is 4. The van der Waals surface area contributed by atoms with E-state index in [0.717, 1.165) is 40.5 Å². The molecule has 7 nitrogen and oxygen atoms in total. The highest BCUT2D eigenvalue weighted by atomic mass is 35.5. The number of rotatable bonds is 3. The predicted octanol–water partition coefficient (Wildman–Crippen LogP) is 5.24. The second kappa shape index (κ2) is 7.69. The van der Waals surface area contributed by atoms with Gasteiger partial charge in [-0.15, -0.1) is 0 Å². The van der Waals surface area contributed by atoms with Crippen molar-refractivity contribution < 1.29 is 4.74 Å². The first-order valence-electron chi connectivity index (χ1n) is 10.3. The van der Waals surface area contributed by atoms with Gasteiger partial charge in [0.15, 0.2) is 5.82 Å². The summed E-state index contributed by atoms with van der Waals surface area (Å²) in [6.07, 6.45) is 3.46. The van der Waals surface area contributed by atoms with Crippen LogP contribution in [0, 0.1) is 0 Å². The Balaban J connectivity index is 1.59. The van der Waals surface area contributed by atoms with Gasteiger partial charge in [0.2, 0.25) is 0 Å². The van der Waals surface area contributed by atoms with Crippen LogP contribution in [0.4, 0.5) is 5.82 Å². The van der Waals surface area contributed by atoms with Crippen molar-refractivity contribution in [3.05, 3.63) is 57.0 Å². The fourth-order valence-electron chi connectivity index (χ4n) is 4.45. The van der Waals surface area contributed by atoms with Gasteiger partial charge in [-0.25, -0.2) is 4.99 Å². The van der Waals surface area contributed by atoms with Gasteiger partial charge in [0, 0.05) is 17.2 Å². The molecular formula is C22H24ClN5O2S. The summed E-state index contributed by atoms with van der Waals surface area (Å²) in [5.41, 5.74) is 3.16. The van der Waals surface area contributed by atoms with Crippen molar-refractivity contribution in [3.63, 3.8) is 0 Å². The Morgan fingerprint density at radius 1 is 1.29 bits per heavy atom. The largest absolute Gasteiger partial charge is 0.375 e. The third kappa shape index (κ3) is 3.77. The Morgan fingerprint density at radius 3 is 2.81 bits per heavy atom. The molecule has 2 atom stereocenters. The zero-order chi connectivity index (χ0) is 21.8. The second-order valence-electron chi connectivity index (χ2n) is 8.64. The Morgan fingerprint density at radius 2 is 2.06 bits per heavy atom. The van der Waals surface area contributed by atoms with Crippen LogP contribution in [-0.4, -0.2) is 37.2 Å². The molecule has 0 spiro atoms. The lowest BCUT2D eigenvalue weighted by molar-refractivity contribution is -0.0705. The molecule has 2 N–H and O–H groups in total. The minimum Gasteiger partial charge on any atom is -0.375 e. The van der Waals surface area contributed by atoms with Gasteiger partial charge in [-0.2, -0.15) is 5.10 Å². The van der Waals surface area contributed by atoms with Gasteiger partial charge in [0.25, 0.3) is 5.56 Å². The van der Waals surface area contributed by atoms with E-state index in [9.17, 15) is 4.79 Å². The molecule has 31 heavy (non-hydrogen) atoms. The van der Waals surface area contributed by atoms with E-state index in [4.69, 9.17) is 21.3 Å². The van der Waals surface area contributed by atoms with Gasteiger partial charge >= 0.3 is 0 Å². The van der Waals surface area contributed by atoms with Crippen LogP contribution < -0.4 is 5.56 Å². The van der Waals surface area contributed by atoms with Gasteiger partial charge in [-0.1, -0.05) is 35.5 Å². The van der Waals surface area contributed by atoms with E-state index < -0.39 is 0 Å². The molecule has 2 aromatic heterocycles. The molecule has 0 aliphatic carbocycles. The normalized spacial score (nSPS) is 22.8. The smallest absolute Gasteiger partial charge is 0.271 e.